The average molecular weight is 431 g/mol. The van der Waals surface area contributed by atoms with Crippen LogP contribution >= 0.6 is 46.2 Å². The first-order chi connectivity index (χ1) is 11.7. The number of ketones is 2. The molecule has 0 unspecified atom stereocenters. The summed E-state index contributed by atoms with van der Waals surface area (Å²) in [4.78, 5) is 32.6. The second-order valence-electron chi connectivity index (χ2n) is 5.09. The van der Waals surface area contributed by atoms with Gasteiger partial charge in [0.15, 0.2) is 11.6 Å². The zero-order valence-corrected chi connectivity index (χ0v) is 18.7. The number of thiazole rings is 2. The quantitative estimate of drug-likeness (QED) is 0.421. The molecule has 144 valence electrons. The number of rotatable bonds is 5. The van der Waals surface area contributed by atoms with Gasteiger partial charge in [0.05, 0.1) is 31.2 Å². The smallest absolute Gasteiger partial charge is 0.199 e. The number of aromatic nitrogens is 2. The summed E-state index contributed by atoms with van der Waals surface area (Å²) >= 11 is 6.11. The monoisotopic (exact) mass is 430 g/mol. The van der Waals surface area contributed by atoms with Crippen LogP contribution < -0.4 is 0 Å². The number of hydrogen-bond donors (Lipinski definition) is 0. The van der Waals surface area contributed by atoms with Crippen LogP contribution in [0, 0.1) is 27.7 Å². The van der Waals surface area contributed by atoms with Gasteiger partial charge in [0.2, 0.25) is 0 Å². The van der Waals surface area contributed by atoms with E-state index in [4.69, 9.17) is 0 Å². The molecule has 0 amide bonds. The first kappa shape index (κ1) is 25.0. The van der Waals surface area contributed by atoms with E-state index in [2.05, 4.69) is 9.97 Å². The predicted octanol–water partition coefficient (Wildman–Crippen LogP) is 6.11. The Hall–Kier alpha value is -0.960. The molecule has 4 nitrogen and oxygen atoms in total. The van der Waals surface area contributed by atoms with Crippen molar-refractivity contribution in [2.45, 2.75) is 42.0 Å². The van der Waals surface area contributed by atoms with Crippen LogP contribution in [-0.2, 0) is 0 Å². The van der Waals surface area contributed by atoms with Crippen LogP contribution in [-0.4, -0.2) is 34.0 Å². The van der Waals surface area contributed by atoms with Gasteiger partial charge in [0.25, 0.3) is 0 Å². The summed E-state index contributed by atoms with van der Waals surface area (Å²) in [7, 11) is 0. The van der Waals surface area contributed by atoms with Crippen molar-refractivity contribution in [2.75, 3.05) is 12.5 Å². The molecule has 0 aliphatic rings. The van der Waals surface area contributed by atoms with E-state index >= 15 is 0 Å². The molecule has 0 spiro atoms. The van der Waals surface area contributed by atoms with Gasteiger partial charge in [-0.05, 0) is 40.2 Å². The first-order valence-electron chi connectivity index (χ1n) is 7.42. The summed E-state index contributed by atoms with van der Waals surface area (Å²) in [6.07, 6.45) is 5.63. The van der Waals surface area contributed by atoms with Crippen molar-refractivity contribution in [1.29, 1.82) is 0 Å². The van der Waals surface area contributed by atoms with Crippen molar-refractivity contribution < 1.29 is 9.59 Å². The Balaban J connectivity index is 0.000000497. The summed E-state index contributed by atoms with van der Waals surface area (Å²) in [6.45, 7) is 9.13. The number of nitrogens with zero attached hydrogens (tertiary/aromatic N) is 2. The largest absolute Gasteiger partial charge is 0.294 e. The second-order valence-corrected chi connectivity index (χ2v) is 9.45. The number of allylic oxidation sites excluding steroid dienone is 1. The Bertz CT molecular complexity index is 785. The SMILES string of the molecule is C.CC(=O)c1sc(C)nc1C.CSC(=CC(=O)c1sc(C)nc1C)SC. The summed E-state index contributed by atoms with van der Waals surface area (Å²) < 4.78 is 1.03. The fourth-order valence-electron chi connectivity index (χ4n) is 1.99. The average Bonchev–Trinajstić information content (AvgIpc) is 3.06. The third-order valence-corrected chi connectivity index (χ3v) is 7.30. The van der Waals surface area contributed by atoms with E-state index in [-0.39, 0.29) is 19.0 Å². The zero-order chi connectivity index (χ0) is 19.1. The minimum Gasteiger partial charge on any atom is -0.294 e. The highest BCUT2D eigenvalue weighted by molar-refractivity contribution is 8.21. The van der Waals surface area contributed by atoms with Crippen molar-refractivity contribution in [2.24, 2.45) is 0 Å². The van der Waals surface area contributed by atoms with Crippen LogP contribution in [0.5, 0.6) is 0 Å². The van der Waals surface area contributed by atoms with Crippen LogP contribution in [0.2, 0.25) is 0 Å². The van der Waals surface area contributed by atoms with Crippen LogP contribution in [0.3, 0.4) is 0 Å². The van der Waals surface area contributed by atoms with E-state index in [1.54, 1.807) is 36.5 Å². The highest BCUT2D eigenvalue weighted by Gasteiger charge is 2.12. The number of hydrogen-bond acceptors (Lipinski definition) is 8. The normalized spacial score (nSPS) is 9.65. The summed E-state index contributed by atoms with van der Waals surface area (Å²) in [5, 5.41) is 1.90. The molecule has 0 N–H and O–H groups in total. The van der Waals surface area contributed by atoms with Crippen molar-refractivity contribution in [3.8, 4) is 0 Å². The molecule has 0 bridgehead atoms. The van der Waals surface area contributed by atoms with Gasteiger partial charge in [-0.2, -0.15) is 0 Å². The van der Waals surface area contributed by atoms with Gasteiger partial charge in [-0.25, -0.2) is 9.97 Å². The van der Waals surface area contributed by atoms with Gasteiger partial charge < -0.3 is 0 Å². The molecule has 0 saturated heterocycles. The van der Waals surface area contributed by atoms with Crippen molar-refractivity contribution in [1.82, 2.24) is 9.97 Å². The van der Waals surface area contributed by atoms with Crippen molar-refractivity contribution >= 4 is 57.8 Å². The second kappa shape index (κ2) is 11.7. The molecule has 8 heteroatoms. The minimum atomic E-state index is 0. The molecule has 2 aromatic rings. The molecule has 0 aliphatic carbocycles. The van der Waals surface area contributed by atoms with E-state index in [0.717, 1.165) is 35.4 Å². The highest BCUT2D eigenvalue weighted by Crippen LogP contribution is 2.26. The maximum atomic E-state index is 11.9. The van der Waals surface area contributed by atoms with E-state index < -0.39 is 0 Å². The molecular weight excluding hydrogens is 404 g/mol. The van der Waals surface area contributed by atoms with Gasteiger partial charge in [-0.15, -0.1) is 46.2 Å². The molecule has 26 heavy (non-hydrogen) atoms. The topological polar surface area (TPSA) is 59.9 Å². The predicted molar refractivity (Wildman–Crippen MR) is 119 cm³/mol. The lowest BCUT2D eigenvalue weighted by Gasteiger charge is -1.97. The van der Waals surface area contributed by atoms with E-state index in [1.165, 1.54) is 22.7 Å². The van der Waals surface area contributed by atoms with Crippen LogP contribution in [0.4, 0.5) is 0 Å². The third kappa shape index (κ3) is 7.34. The van der Waals surface area contributed by atoms with Gasteiger partial charge in [0.1, 0.15) is 0 Å². The van der Waals surface area contributed by atoms with Crippen LogP contribution in [0.1, 0.15) is 55.1 Å². The molecule has 0 saturated carbocycles. The first-order valence-corrected chi connectivity index (χ1v) is 11.5. The molecular formula is C18H26N2O2S4. The highest BCUT2D eigenvalue weighted by atomic mass is 32.2. The molecule has 2 rings (SSSR count). The minimum absolute atomic E-state index is 0. The Morgan fingerprint density at radius 2 is 1.31 bits per heavy atom. The standard InChI is InChI=1S/C10H13NOS3.C7H9NOS.CH4/c1-6-10(15-7(2)11-6)8(12)5-9(13-3)14-4;1-4-7(5(2)9)10-6(3)8-4;/h5H,1-4H3;1-3H3;1H4. The lowest BCUT2D eigenvalue weighted by Crippen LogP contribution is -1.94. The number of Topliss-reactive ketones (excluding diaryl/α,β-unsaturated/α-hetero) is 1. The Labute approximate surface area is 172 Å². The molecule has 0 fully saturated rings. The molecule has 0 aliphatic heterocycles. The molecule has 0 atom stereocenters. The lowest BCUT2D eigenvalue weighted by atomic mass is 10.3. The Morgan fingerprint density at radius 3 is 1.58 bits per heavy atom. The Kier molecular flexibility index (Phi) is 11.3. The van der Waals surface area contributed by atoms with Crippen LogP contribution in [0.15, 0.2) is 10.3 Å². The van der Waals surface area contributed by atoms with Gasteiger partial charge in [0, 0.05) is 17.2 Å². The molecule has 0 radical (unpaired) electrons. The third-order valence-electron chi connectivity index (χ3n) is 3.00. The van der Waals surface area contributed by atoms with E-state index in [1.807, 2.05) is 40.2 Å². The van der Waals surface area contributed by atoms with E-state index in [0.29, 0.717) is 0 Å². The van der Waals surface area contributed by atoms with Crippen molar-refractivity contribution in [3.63, 3.8) is 0 Å². The molecule has 0 aromatic carbocycles. The summed E-state index contributed by atoms with van der Waals surface area (Å²) in [5.41, 5.74) is 1.69. The number of carbonyl (C=O) groups excluding carboxylic acids is 2. The van der Waals surface area contributed by atoms with Crippen LogP contribution in [0.25, 0.3) is 0 Å². The van der Waals surface area contributed by atoms with Gasteiger partial charge >= 0.3 is 0 Å². The number of aryl methyl sites for hydroxylation is 4. The maximum absolute atomic E-state index is 11.9. The van der Waals surface area contributed by atoms with E-state index in [9.17, 15) is 9.59 Å². The van der Waals surface area contributed by atoms with Crippen molar-refractivity contribution in [3.05, 3.63) is 41.5 Å². The molecule has 2 heterocycles. The number of thioether (sulfide) groups is 2. The summed E-state index contributed by atoms with van der Waals surface area (Å²) in [5.74, 6) is 0.180. The molecule has 2 aromatic heterocycles. The van der Waals surface area contributed by atoms with Gasteiger partial charge in [-0.1, -0.05) is 7.43 Å². The summed E-state index contributed by atoms with van der Waals surface area (Å²) in [6, 6.07) is 0. The fraction of sp³-hybridized carbons (Fsp3) is 0.444. The Morgan fingerprint density at radius 1 is 0.885 bits per heavy atom. The maximum Gasteiger partial charge on any atom is 0.199 e. The zero-order valence-electron chi connectivity index (χ0n) is 15.4. The lowest BCUT2D eigenvalue weighted by molar-refractivity contribution is 0.101. The fourth-order valence-corrected chi connectivity index (χ4v) is 4.75. The number of carbonyl (C=O) groups is 2. The van der Waals surface area contributed by atoms with Gasteiger partial charge in [-0.3, -0.25) is 9.59 Å².